The number of esters is 1. The second-order valence-electron chi connectivity index (χ2n) is 5.16. The number of methoxy groups -OCH3 is 2. The molecule has 0 aliphatic heterocycles. The molecule has 1 unspecified atom stereocenters. The first-order chi connectivity index (χ1) is 11.7. The van der Waals surface area contributed by atoms with Crippen LogP contribution in [0.4, 0.5) is 5.69 Å². The van der Waals surface area contributed by atoms with Crippen molar-refractivity contribution in [2.75, 3.05) is 32.7 Å². The minimum absolute atomic E-state index is 0.275. The van der Waals surface area contributed by atoms with Crippen LogP contribution in [-0.2, 0) is 9.53 Å². The van der Waals surface area contributed by atoms with Crippen LogP contribution in [0, 0.1) is 0 Å². The summed E-state index contributed by atoms with van der Waals surface area (Å²) >= 11 is 0. The van der Waals surface area contributed by atoms with Gasteiger partial charge in [0, 0.05) is 17.8 Å². The molecule has 0 radical (unpaired) electrons. The molecular formula is C19H23NO4. The Bertz CT molecular complexity index is 655. The van der Waals surface area contributed by atoms with E-state index in [1.165, 1.54) is 0 Å². The highest BCUT2D eigenvalue weighted by molar-refractivity contribution is 5.80. The molecule has 0 saturated heterocycles. The average molecular weight is 329 g/mol. The Morgan fingerprint density at radius 3 is 2.38 bits per heavy atom. The van der Waals surface area contributed by atoms with E-state index < -0.39 is 5.92 Å². The van der Waals surface area contributed by atoms with Crippen molar-refractivity contribution < 1.29 is 19.0 Å². The lowest BCUT2D eigenvalue weighted by Crippen LogP contribution is -2.24. The van der Waals surface area contributed by atoms with Gasteiger partial charge < -0.3 is 19.5 Å². The van der Waals surface area contributed by atoms with Gasteiger partial charge >= 0.3 is 5.97 Å². The number of anilines is 1. The predicted octanol–water partition coefficient (Wildman–Crippen LogP) is 3.46. The van der Waals surface area contributed by atoms with E-state index in [0.717, 1.165) is 17.0 Å². The topological polar surface area (TPSA) is 56.8 Å². The van der Waals surface area contributed by atoms with Crippen LogP contribution in [0.25, 0.3) is 0 Å². The number of rotatable bonds is 8. The van der Waals surface area contributed by atoms with E-state index in [4.69, 9.17) is 14.2 Å². The summed E-state index contributed by atoms with van der Waals surface area (Å²) < 4.78 is 15.8. The molecule has 0 spiro atoms. The predicted molar refractivity (Wildman–Crippen MR) is 93.9 cm³/mol. The first-order valence-electron chi connectivity index (χ1n) is 7.87. The van der Waals surface area contributed by atoms with Crippen LogP contribution in [0.2, 0.25) is 0 Å². The Hall–Kier alpha value is -2.69. The first kappa shape index (κ1) is 17.7. The normalized spacial score (nSPS) is 11.5. The number of carbonyl (C=O) groups is 1. The summed E-state index contributed by atoms with van der Waals surface area (Å²) in [6, 6.07) is 15.0. The van der Waals surface area contributed by atoms with Crippen molar-refractivity contribution in [1.29, 1.82) is 0 Å². The summed E-state index contributed by atoms with van der Waals surface area (Å²) in [5, 5.41) is 3.27. The molecule has 2 rings (SSSR count). The third-order valence-electron chi connectivity index (χ3n) is 3.69. The van der Waals surface area contributed by atoms with Gasteiger partial charge in [0.1, 0.15) is 17.4 Å². The van der Waals surface area contributed by atoms with Gasteiger partial charge in [-0.3, -0.25) is 4.79 Å². The van der Waals surface area contributed by atoms with Crippen LogP contribution in [0.3, 0.4) is 0 Å². The molecular weight excluding hydrogens is 306 g/mol. The number of para-hydroxylation sites is 1. The van der Waals surface area contributed by atoms with E-state index in [2.05, 4.69) is 5.32 Å². The zero-order valence-corrected chi connectivity index (χ0v) is 14.2. The summed E-state index contributed by atoms with van der Waals surface area (Å²) in [4.78, 5) is 12.4. The Kier molecular flexibility index (Phi) is 6.49. The Labute approximate surface area is 142 Å². The molecule has 2 aromatic carbocycles. The number of hydrogen-bond acceptors (Lipinski definition) is 5. The van der Waals surface area contributed by atoms with Gasteiger partial charge in [0.15, 0.2) is 0 Å². The molecule has 5 nitrogen and oxygen atoms in total. The molecule has 0 heterocycles. The van der Waals surface area contributed by atoms with Crippen molar-refractivity contribution in [2.45, 2.75) is 12.8 Å². The van der Waals surface area contributed by atoms with Crippen molar-refractivity contribution in [3.05, 3.63) is 54.1 Å². The molecule has 0 aliphatic rings. The van der Waals surface area contributed by atoms with Gasteiger partial charge in [-0.1, -0.05) is 18.2 Å². The average Bonchev–Trinajstić information content (AvgIpc) is 2.63. The monoisotopic (exact) mass is 329 g/mol. The smallest absolute Gasteiger partial charge is 0.315 e. The third kappa shape index (κ3) is 4.41. The molecule has 2 aromatic rings. The quantitative estimate of drug-likeness (QED) is 0.752. The molecule has 0 bridgehead atoms. The van der Waals surface area contributed by atoms with Gasteiger partial charge in [-0.25, -0.2) is 0 Å². The van der Waals surface area contributed by atoms with Crippen molar-refractivity contribution in [3.63, 3.8) is 0 Å². The van der Waals surface area contributed by atoms with Crippen LogP contribution in [0.15, 0.2) is 48.5 Å². The van der Waals surface area contributed by atoms with E-state index in [9.17, 15) is 4.79 Å². The van der Waals surface area contributed by atoms with Gasteiger partial charge in [-0.05, 0) is 37.3 Å². The molecule has 5 heteroatoms. The molecule has 0 amide bonds. The van der Waals surface area contributed by atoms with Gasteiger partial charge in [0.25, 0.3) is 0 Å². The fourth-order valence-corrected chi connectivity index (χ4v) is 2.45. The molecule has 1 N–H and O–H groups in total. The molecule has 0 fully saturated rings. The largest absolute Gasteiger partial charge is 0.497 e. The van der Waals surface area contributed by atoms with E-state index in [-0.39, 0.29) is 5.97 Å². The number of benzene rings is 2. The summed E-state index contributed by atoms with van der Waals surface area (Å²) in [5.74, 6) is 0.727. The Morgan fingerprint density at radius 2 is 1.75 bits per heavy atom. The Balaban J connectivity index is 2.18. The van der Waals surface area contributed by atoms with E-state index in [1.54, 1.807) is 21.1 Å². The zero-order chi connectivity index (χ0) is 17.4. The number of hydrogen-bond donors (Lipinski definition) is 1. The highest BCUT2D eigenvalue weighted by Gasteiger charge is 2.25. The fraction of sp³-hybridized carbons (Fsp3) is 0.316. The van der Waals surface area contributed by atoms with Gasteiger partial charge in [0.2, 0.25) is 0 Å². The standard InChI is InChI=1S/C19H23NO4/c1-4-24-19(21)17(16-7-5-6-8-18(16)23-3)13-20-14-9-11-15(22-2)12-10-14/h5-12,17,20H,4,13H2,1-3H3. The maximum atomic E-state index is 12.4. The number of ether oxygens (including phenoxy) is 3. The maximum Gasteiger partial charge on any atom is 0.315 e. The lowest BCUT2D eigenvalue weighted by atomic mass is 9.98. The molecule has 0 aromatic heterocycles. The first-order valence-corrected chi connectivity index (χ1v) is 7.87. The molecule has 0 aliphatic carbocycles. The van der Waals surface area contributed by atoms with Crippen LogP contribution in [0.5, 0.6) is 11.5 Å². The van der Waals surface area contributed by atoms with E-state index >= 15 is 0 Å². The fourth-order valence-electron chi connectivity index (χ4n) is 2.45. The van der Waals surface area contributed by atoms with Crippen LogP contribution in [-0.4, -0.2) is 33.3 Å². The zero-order valence-electron chi connectivity index (χ0n) is 14.2. The van der Waals surface area contributed by atoms with Crippen molar-refractivity contribution in [3.8, 4) is 11.5 Å². The second-order valence-corrected chi connectivity index (χ2v) is 5.16. The minimum atomic E-state index is -0.455. The summed E-state index contributed by atoms with van der Waals surface area (Å²) in [6.45, 7) is 2.55. The SMILES string of the molecule is CCOC(=O)C(CNc1ccc(OC)cc1)c1ccccc1OC. The highest BCUT2D eigenvalue weighted by Crippen LogP contribution is 2.28. The van der Waals surface area contributed by atoms with Gasteiger partial charge in [-0.15, -0.1) is 0 Å². The summed E-state index contributed by atoms with van der Waals surface area (Å²) in [7, 11) is 3.22. The minimum Gasteiger partial charge on any atom is -0.497 e. The second kappa shape index (κ2) is 8.82. The summed E-state index contributed by atoms with van der Waals surface area (Å²) in [6.07, 6.45) is 0. The lowest BCUT2D eigenvalue weighted by Gasteiger charge is -2.19. The maximum absolute atomic E-state index is 12.4. The summed E-state index contributed by atoms with van der Waals surface area (Å²) in [5.41, 5.74) is 1.71. The van der Waals surface area contributed by atoms with Crippen LogP contribution in [0.1, 0.15) is 18.4 Å². The molecule has 24 heavy (non-hydrogen) atoms. The number of carbonyl (C=O) groups excluding carboxylic acids is 1. The van der Waals surface area contributed by atoms with Crippen LogP contribution >= 0.6 is 0 Å². The van der Waals surface area contributed by atoms with E-state index in [0.29, 0.717) is 18.9 Å². The third-order valence-corrected chi connectivity index (χ3v) is 3.69. The number of nitrogens with one attached hydrogen (secondary N) is 1. The van der Waals surface area contributed by atoms with Crippen molar-refractivity contribution in [2.24, 2.45) is 0 Å². The van der Waals surface area contributed by atoms with Gasteiger partial charge in [0.05, 0.1) is 20.8 Å². The lowest BCUT2D eigenvalue weighted by molar-refractivity contribution is -0.144. The van der Waals surface area contributed by atoms with Crippen molar-refractivity contribution in [1.82, 2.24) is 0 Å². The molecule has 128 valence electrons. The highest BCUT2D eigenvalue weighted by atomic mass is 16.5. The van der Waals surface area contributed by atoms with E-state index in [1.807, 2.05) is 48.5 Å². The molecule has 1 atom stereocenters. The molecule has 0 saturated carbocycles. The van der Waals surface area contributed by atoms with Crippen molar-refractivity contribution >= 4 is 11.7 Å². The Morgan fingerprint density at radius 1 is 1.04 bits per heavy atom. The van der Waals surface area contributed by atoms with Crippen LogP contribution < -0.4 is 14.8 Å². The van der Waals surface area contributed by atoms with Gasteiger partial charge in [-0.2, -0.15) is 0 Å².